The molecule has 1 aromatic carbocycles. The van der Waals surface area contributed by atoms with Gasteiger partial charge in [0.05, 0.1) is 5.52 Å². The summed E-state index contributed by atoms with van der Waals surface area (Å²) >= 11 is 0. The van der Waals surface area contributed by atoms with E-state index >= 15 is 0 Å². The first kappa shape index (κ1) is 12.8. The number of nitrogens with one attached hydrogen (secondary N) is 1. The van der Waals surface area contributed by atoms with Crippen molar-refractivity contribution in [3.8, 4) is 0 Å². The lowest BCUT2D eigenvalue weighted by Crippen LogP contribution is -2.16. The summed E-state index contributed by atoms with van der Waals surface area (Å²) in [6, 6.07) is 14.5. The molecule has 3 aromatic rings. The Kier molecular flexibility index (Phi) is 3.99. The van der Waals surface area contributed by atoms with Gasteiger partial charge in [0.25, 0.3) is 0 Å². The summed E-state index contributed by atoms with van der Waals surface area (Å²) in [4.78, 5) is 8.41. The zero-order chi connectivity index (χ0) is 13.6. The molecule has 0 fully saturated rings. The van der Waals surface area contributed by atoms with E-state index in [2.05, 4.69) is 51.7 Å². The van der Waals surface area contributed by atoms with E-state index in [0.29, 0.717) is 0 Å². The minimum absolute atomic E-state index is 0.869. The monoisotopic (exact) mass is 263 g/mol. The highest BCUT2D eigenvalue weighted by Gasteiger charge is 2.00. The van der Waals surface area contributed by atoms with Gasteiger partial charge in [0.15, 0.2) is 0 Å². The third-order valence-corrected chi connectivity index (χ3v) is 3.39. The molecule has 3 nitrogen and oxygen atoms in total. The smallest absolute Gasteiger partial charge is 0.0705 e. The normalized spacial score (nSPS) is 10.8. The van der Waals surface area contributed by atoms with E-state index < -0.39 is 0 Å². The van der Waals surface area contributed by atoms with Crippen molar-refractivity contribution in [3.63, 3.8) is 0 Å². The van der Waals surface area contributed by atoms with Gasteiger partial charge in [0.1, 0.15) is 0 Å². The number of fused-ring (bicyclic) bond motifs is 1. The molecule has 1 N–H and O–H groups in total. The van der Waals surface area contributed by atoms with Gasteiger partial charge in [-0.2, -0.15) is 0 Å². The van der Waals surface area contributed by atoms with Gasteiger partial charge in [-0.15, -0.1) is 0 Å². The Bertz CT molecular complexity index is 675. The van der Waals surface area contributed by atoms with Crippen molar-refractivity contribution in [1.82, 2.24) is 15.3 Å². The molecule has 0 aliphatic carbocycles. The lowest BCUT2D eigenvalue weighted by Gasteiger charge is -2.07. The second kappa shape index (κ2) is 6.26. The highest BCUT2D eigenvalue weighted by molar-refractivity contribution is 5.81. The SMILES string of the molecule is c1ccc2c(CNCCc3ccncc3)ccnc2c1. The van der Waals surface area contributed by atoms with E-state index in [0.717, 1.165) is 25.0 Å². The molecule has 0 aliphatic heterocycles. The van der Waals surface area contributed by atoms with Crippen LogP contribution in [0.5, 0.6) is 0 Å². The van der Waals surface area contributed by atoms with Crippen LogP contribution in [-0.2, 0) is 13.0 Å². The fraction of sp³-hybridized carbons (Fsp3) is 0.176. The van der Waals surface area contributed by atoms with E-state index in [1.165, 1.54) is 16.5 Å². The summed E-state index contributed by atoms with van der Waals surface area (Å²) in [7, 11) is 0. The second-order valence-corrected chi connectivity index (χ2v) is 4.77. The van der Waals surface area contributed by atoms with Crippen molar-refractivity contribution >= 4 is 10.9 Å². The van der Waals surface area contributed by atoms with Crippen LogP contribution in [0.3, 0.4) is 0 Å². The van der Waals surface area contributed by atoms with Gasteiger partial charge in [-0.3, -0.25) is 9.97 Å². The van der Waals surface area contributed by atoms with Crippen LogP contribution < -0.4 is 5.32 Å². The number of benzene rings is 1. The Morgan fingerprint density at radius 1 is 0.900 bits per heavy atom. The molecule has 0 radical (unpaired) electrons. The molecule has 0 amide bonds. The summed E-state index contributed by atoms with van der Waals surface area (Å²) in [5.74, 6) is 0. The highest BCUT2D eigenvalue weighted by Crippen LogP contribution is 2.15. The lowest BCUT2D eigenvalue weighted by molar-refractivity contribution is 0.689. The van der Waals surface area contributed by atoms with E-state index in [9.17, 15) is 0 Å². The molecule has 100 valence electrons. The molecule has 2 aromatic heterocycles. The quantitative estimate of drug-likeness (QED) is 0.719. The molecule has 0 spiro atoms. The molecule has 0 saturated heterocycles. The van der Waals surface area contributed by atoms with Crippen molar-refractivity contribution in [1.29, 1.82) is 0 Å². The van der Waals surface area contributed by atoms with Crippen LogP contribution in [0.15, 0.2) is 61.1 Å². The number of rotatable bonds is 5. The van der Waals surface area contributed by atoms with Crippen LogP contribution in [0.4, 0.5) is 0 Å². The van der Waals surface area contributed by atoms with Crippen LogP contribution in [0.25, 0.3) is 10.9 Å². The molecular weight excluding hydrogens is 246 g/mol. The summed E-state index contributed by atoms with van der Waals surface area (Å²) in [5.41, 5.74) is 3.67. The van der Waals surface area contributed by atoms with Gasteiger partial charge in [-0.1, -0.05) is 18.2 Å². The van der Waals surface area contributed by atoms with Gasteiger partial charge in [-0.25, -0.2) is 0 Å². The Balaban J connectivity index is 1.60. The van der Waals surface area contributed by atoms with Crippen molar-refractivity contribution in [2.45, 2.75) is 13.0 Å². The Morgan fingerprint density at radius 3 is 2.65 bits per heavy atom. The maximum Gasteiger partial charge on any atom is 0.0705 e. The Labute approximate surface area is 118 Å². The summed E-state index contributed by atoms with van der Waals surface area (Å²) in [5, 5.41) is 4.72. The largest absolute Gasteiger partial charge is 0.312 e. The second-order valence-electron chi connectivity index (χ2n) is 4.77. The summed E-state index contributed by atoms with van der Waals surface area (Å²) < 4.78 is 0. The molecule has 0 bridgehead atoms. The zero-order valence-corrected chi connectivity index (χ0v) is 11.3. The van der Waals surface area contributed by atoms with Crippen LogP contribution in [0, 0.1) is 0 Å². The molecule has 3 heteroatoms. The number of hydrogen-bond donors (Lipinski definition) is 1. The maximum absolute atomic E-state index is 4.38. The average Bonchev–Trinajstić information content (AvgIpc) is 2.53. The van der Waals surface area contributed by atoms with Gasteiger partial charge in [0.2, 0.25) is 0 Å². The predicted molar refractivity (Wildman–Crippen MR) is 81.4 cm³/mol. The number of para-hydroxylation sites is 1. The summed E-state index contributed by atoms with van der Waals surface area (Å²) in [6.45, 7) is 1.83. The van der Waals surface area contributed by atoms with Crippen molar-refractivity contribution in [3.05, 3.63) is 72.2 Å². The molecular formula is C17H17N3. The third kappa shape index (κ3) is 3.00. The van der Waals surface area contributed by atoms with Crippen LogP contribution in [0.2, 0.25) is 0 Å². The van der Waals surface area contributed by atoms with Crippen molar-refractivity contribution in [2.75, 3.05) is 6.54 Å². The Hall–Kier alpha value is -2.26. The van der Waals surface area contributed by atoms with Gasteiger partial charge < -0.3 is 5.32 Å². The molecule has 20 heavy (non-hydrogen) atoms. The van der Waals surface area contributed by atoms with Gasteiger partial charge >= 0.3 is 0 Å². The maximum atomic E-state index is 4.38. The first-order valence-electron chi connectivity index (χ1n) is 6.86. The highest BCUT2D eigenvalue weighted by atomic mass is 14.8. The van der Waals surface area contributed by atoms with E-state index in [-0.39, 0.29) is 0 Å². The molecule has 0 atom stereocenters. The Morgan fingerprint density at radius 2 is 1.75 bits per heavy atom. The van der Waals surface area contributed by atoms with Crippen molar-refractivity contribution in [2.24, 2.45) is 0 Å². The van der Waals surface area contributed by atoms with Gasteiger partial charge in [-0.05, 0) is 48.4 Å². The molecule has 3 rings (SSSR count). The minimum Gasteiger partial charge on any atom is -0.312 e. The first-order valence-corrected chi connectivity index (χ1v) is 6.86. The molecule has 2 heterocycles. The number of aromatic nitrogens is 2. The molecule has 0 saturated carbocycles. The van der Waals surface area contributed by atoms with E-state index in [1.54, 1.807) is 0 Å². The molecule has 0 aliphatic rings. The lowest BCUT2D eigenvalue weighted by atomic mass is 10.1. The van der Waals surface area contributed by atoms with Crippen LogP contribution in [-0.4, -0.2) is 16.5 Å². The number of pyridine rings is 2. The van der Waals surface area contributed by atoms with E-state index in [1.807, 2.05) is 24.7 Å². The van der Waals surface area contributed by atoms with E-state index in [4.69, 9.17) is 0 Å². The predicted octanol–water partition coefficient (Wildman–Crippen LogP) is 2.96. The fourth-order valence-corrected chi connectivity index (χ4v) is 2.31. The number of nitrogens with zero attached hydrogens (tertiary/aromatic N) is 2. The van der Waals surface area contributed by atoms with Crippen LogP contribution in [0.1, 0.15) is 11.1 Å². The minimum atomic E-state index is 0.869. The number of hydrogen-bond acceptors (Lipinski definition) is 3. The average molecular weight is 263 g/mol. The summed E-state index contributed by atoms with van der Waals surface area (Å²) in [6.07, 6.45) is 6.57. The molecule has 0 unspecified atom stereocenters. The third-order valence-electron chi connectivity index (χ3n) is 3.39. The fourth-order valence-electron chi connectivity index (χ4n) is 2.31. The van der Waals surface area contributed by atoms with Gasteiger partial charge in [0, 0.05) is 30.5 Å². The standard InChI is InChI=1S/C17H17N3/c1-2-4-17-16(3-1)15(8-12-20-17)13-19-11-7-14-5-9-18-10-6-14/h1-6,8-10,12,19H,7,11,13H2. The topological polar surface area (TPSA) is 37.8 Å². The van der Waals surface area contributed by atoms with Crippen molar-refractivity contribution < 1.29 is 0 Å². The van der Waals surface area contributed by atoms with Crippen LogP contribution >= 0.6 is 0 Å². The first-order chi connectivity index (χ1) is 9.93. The zero-order valence-electron chi connectivity index (χ0n) is 11.3.